The van der Waals surface area contributed by atoms with E-state index in [1.54, 1.807) is 0 Å². The summed E-state index contributed by atoms with van der Waals surface area (Å²) in [7, 11) is 1.34. The van der Waals surface area contributed by atoms with E-state index in [1.807, 2.05) is 0 Å². The first-order chi connectivity index (χ1) is 10.1. The summed E-state index contributed by atoms with van der Waals surface area (Å²) in [4.78, 5) is 25.1. The highest BCUT2D eigenvalue weighted by molar-refractivity contribution is 5.82. The number of carbonyl (C=O) groups is 2. The molecule has 1 aromatic carbocycles. The van der Waals surface area contributed by atoms with Gasteiger partial charge in [-0.05, 0) is 31.4 Å². The second kappa shape index (κ2) is 7.11. The third kappa shape index (κ3) is 4.21. The molecule has 5 nitrogen and oxygen atoms in total. The van der Waals surface area contributed by atoms with Crippen molar-refractivity contribution in [1.29, 1.82) is 0 Å². The number of aryl methyl sites for hydroxylation is 2. The lowest BCUT2D eigenvalue weighted by molar-refractivity contribution is -0.140. The van der Waals surface area contributed by atoms with Gasteiger partial charge in [-0.1, -0.05) is 17.7 Å². The summed E-state index contributed by atoms with van der Waals surface area (Å²) in [5.74, 6) is -0.374. The predicted octanol–water partition coefficient (Wildman–Crippen LogP) is 1.43. The van der Waals surface area contributed by atoms with Crippen LogP contribution in [0.15, 0.2) is 18.2 Å². The largest absolute Gasteiger partial charge is 0.469 e. The minimum Gasteiger partial charge on any atom is -0.469 e. The zero-order valence-corrected chi connectivity index (χ0v) is 12.6. The van der Waals surface area contributed by atoms with Gasteiger partial charge in [0.1, 0.15) is 0 Å². The van der Waals surface area contributed by atoms with Crippen LogP contribution >= 0.6 is 0 Å². The summed E-state index contributed by atoms with van der Waals surface area (Å²) < 4.78 is 4.54. The Bertz CT molecular complexity index is 528. The molecule has 1 amide bonds. The number of anilines is 1. The highest BCUT2D eigenvalue weighted by Gasteiger charge is 2.19. The number of fused-ring (bicyclic) bond motifs is 1. The number of esters is 1. The van der Waals surface area contributed by atoms with Crippen LogP contribution < -0.4 is 10.2 Å². The highest BCUT2D eigenvalue weighted by atomic mass is 16.5. The number of benzene rings is 1. The zero-order chi connectivity index (χ0) is 15.2. The maximum Gasteiger partial charge on any atom is 0.307 e. The molecule has 0 spiro atoms. The smallest absolute Gasteiger partial charge is 0.307 e. The van der Waals surface area contributed by atoms with Crippen molar-refractivity contribution in [2.45, 2.75) is 26.2 Å². The molecule has 5 heteroatoms. The minimum absolute atomic E-state index is 0.0627. The van der Waals surface area contributed by atoms with Gasteiger partial charge >= 0.3 is 5.97 Å². The van der Waals surface area contributed by atoms with Gasteiger partial charge in [0, 0.05) is 18.8 Å². The van der Waals surface area contributed by atoms with Gasteiger partial charge in [-0.3, -0.25) is 9.59 Å². The molecule has 1 aliphatic rings. The van der Waals surface area contributed by atoms with Gasteiger partial charge in [-0.15, -0.1) is 0 Å². The van der Waals surface area contributed by atoms with Gasteiger partial charge in [-0.25, -0.2) is 0 Å². The molecule has 1 aliphatic heterocycles. The Morgan fingerprint density at radius 3 is 2.95 bits per heavy atom. The summed E-state index contributed by atoms with van der Waals surface area (Å²) in [5.41, 5.74) is 3.71. The first-order valence-electron chi connectivity index (χ1n) is 7.28. The van der Waals surface area contributed by atoms with Crippen molar-refractivity contribution in [3.05, 3.63) is 29.3 Å². The molecule has 0 bridgehead atoms. The fourth-order valence-corrected chi connectivity index (χ4v) is 2.60. The standard InChI is InChI=1S/C16H22N2O3/c1-12-5-6-14-13(10-12)4-3-9-18(14)11-15(19)17-8-7-16(20)21-2/h5-6,10H,3-4,7-9,11H2,1-2H3,(H,17,19). The molecule has 0 radical (unpaired) electrons. The normalized spacial score (nSPS) is 13.5. The average molecular weight is 290 g/mol. The lowest BCUT2D eigenvalue weighted by Gasteiger charge is -2.31. The van der Waals surface area contributed by atoms with Crippen molar-refractivity contribution in [2.75, 3.05) is 31.6 Å². The first kappa shape index (κ1) is 15.4. The van der Waals surface area contributed by atoms with Crippen molar-refractivity contribution in [2.24, 2.45) is 0 Å². The van der Waals surface area contributed by atoms with Crippen molar-refractivity contribution in [1.82, 2.24) is 5.32 Å². The maximum atomic E-state index is 12.0. The van der Waals surface area contributed by atoms with Crippen molar-refractivity contribution >= 4 is 17.6 Å². The van der Waals surface area contributed by atoms with E-state index in [-0.39, 0.29) is 18.3 Å². The number of hydrogen-bond acceptors (Lipinski definition) is 4. The van der Waals surface area contributed by atoms with Gasteiger partial charge < -0.3 is 15.0 Å². The van der Waals surface area contributed by atoms with Gasteiger partial charge in [0.15, 0.2) is 0 Å². The number of rotatable bonds is 5. The zero-order valence-electron chi connectivity index (χ0n) is 12.6. The highest BCUT2D eigenvalue weighted by Crippen LogP contribution is 2.27. The number of carbonyl (C=O) groups excluding carboxylic acids is 2. The lowest BCUT2D eigenvalue weighted by Crippen LogP contribution is -2.40. The third-order valence-corrected chi connectivity index (χ3v) is 3.66. The monoisotopic (exact) mass is 290 g/mol. The van der Waals surface area contributed by atoms with Gasteiger partial charge in [0.2, 0.25) is 5.91 Å². The number of amides is 1. The van der Waals surface area contributed by atoms with Crippen LogP contribution in [0.3, 0.4) is 0 Å². The van der Waals surface area contributed by atoms with E-state index < -0.39 is 0 Å². The molecule has 1 aromatic rings. The quantitative estimate of drug-likeness (QED) is 0.833. The van der Waals surface area contributed by atoms with Gasteiger partial charge in [0.05, 0.1) is 20.1 Å². The molecule has 0 saturated heterocycles. The molecular formula is C16H22N2O3. The fraction of sp³-hybridized carbons (Fsp3) is 0.500. The van der Waals surface area contributed by atoms with Crippen LogP contribution in [0.2, 0.25) is 0 Å². The summed E-state index contributed by atoms with van der Waals surface area (Å²) in [6.45, 7) is 3.62. The van der Waals surface area contributed by atoms with E-state index in [2.05, 4.69) is 40.1 Å². The summed E-state index contributed by atoms with van der Waals surface area (Å²) in [5, 5.41) is 2.76. The Morgan fingerprint density at radius 1 is 1.38 bits per heavy atom. The minimum atomic E-state index is -0.311. The summed E-state index contributed by atoms with van der Waals surface area (Å²) in [6, 6.07) is 6.36. The van der Waals surface area contributed by atoms with Crippen molar-refractivity contribution < 1.29 is 14.3 Å². The number of nitrogens with zero attached hydrogens (tertiary/aromatic N) is 1. The van der Waals surface area contributed by atoms with E-state index >= 15 is 0 Å². The second-order valence-electron chi connectivity index (χ2n) is 5.33. The Balaban J connectivity index is 1.89. The average Bonchev–Trinajstić information content (AvgIpc) is 2.47. The van der Waals surface area contributed by atoms with E-state index in [4.69, 9.17) is 0 Å². The number of hydrogen-bond donors (Lipinski definition) is 1. The Labute approximate surface area is 125 Å². The van der Waals surface area contributed by atoms with E-state index in [9.17, 15) is 9.59 Å². The van der Waals surface area contributed by atoms with Crippen LogP contribution in [0.1, 0.15) is 24.0 Å². The third-order valence-electron chi connectivity index (χ3n) is 3.66. The van der Waals surface area contributed by atoms with E-state index in [1.165, 1.54) is 18.2 Å². The lowest BCUT2D eigenvalue weighted by atomic mass is 9.99. The Morgan fingerprint density at radius 2 is 2.19 bits per heavy atom. The molecule has 0 unspecified atom stereocenters. The Kier molecular flexibility index (Phi) is 5.20. The molecule has 21 heavy (non-hydrogen) atoms. The molecule has 0 aliphatic carbocycles. The molecule has 1 heterocycles. The molecule has 2 rings (SSSR count). The SMILES string of the molecule is COC(=O)CCNC(=O)CN1CCCc2cc(C)ccc21. The predicted molar refractivity (Wildman–Crippen MR) is 81.4 cm³/mol. The number of methoxy groups -OCH3 is 1. The second-order valence-corrected chi connectivity index (χ2v) is 5.33. The van der Waals surface area contributed by atoms with Crippen LogP contribution in [0.25, 0.3) is 0 Å². The van der Waals surface area contributed by atoms with Crippen LogP contribution in [-0.2, 0) is 20.7 Å². The van der Waals surface area contributed by atoms with Gasteiger partial charge in [-0.2, -0.15) is 0 Å². The molecule has 0 aromatic heterocycles. The van der Waals surface area contributed by atoms with Gasteiger partial charge in [0.25, 0.3) is 0 Å². The molecule has 114 valence electrons. The van der Waals surface area contributed by atoms with Crippen molar-refractivity contribution in [3.8, 4) is 0 Å². The van der Waals surface area contributed by atoms with E-state index in [0.29, 0.717) is 13.1 Å². The fourth-order valence-electron chi connectivity index (χ4n) is 2.60. The van der Waals surface area contributed by atoms with Crippen LogP contribution in [-0.4, -0.2) is 38.6 Å². The molecule has 0 atom stereocenters. The maximum absolute atomic E-state index is 12.0. The van der Waals surface area contributed by atoms with Crippen LogP contribution in [0.5, 0.6) is 0 Å². The summed E-state index contributed by atoms with van der Waals surface area (Å²) in [6.07, 6.45) is 2.33. The van der Waals surface area contributed by atoms with Crippen LogP contribution in [0.4, 0.5) is 5.69 Å². The summed E-state index contributed by atoms with van der Waals surface area (Å²) >= 11 is 0. The first-order valence-corrected chi connectivity index (χ1v) is 7.28. The molecule has 0 saturated carbocycles. The van der Waals surface area contributed by atoms with Crippen LogP contribution in [0, 0.1) is 6.92 Å². The molecule has 1 N–H and O–H groups in total. The number of ether oxygens (including phenoxy) is 1. The molecule has 0 fully saturated rings. The topological polar surface area (TPSA) is 58.6 Å². The van der Waals surface area contributed by atoms with E-state index in [0.717, 1.165) is 25.1 Å². The van der Waals surface area contributed by atoms with Crippen molar-refractivity contribution in [3.63, 3.8) is 0 Å². The Hall–Kier alpha value is -2.04. The number of nitrogens with one attached hydrogen (secondary N) is 1. The molecular weight excluding hydrogens is 268 g/mol.